The van der Waals surface area contributed by atoms with E-state index in [2.05, 4.69) is 35.1 Å². The Morgan fingerprint density at radius 2 is 2.07 bits per heavy atom. The van der Waals surface area contributed by atoms with Crippen molar-refractivity contribution in [3.8, 4) is 11.3 Å². The largest absolute Gasteiger partial charge is 0.422 e. The molecule has 6 heteroatoms. The molecule has 0 amide bonds. The van der Waals surface area contributed by atoms with Gasteiger partial charge in [0.05, 0.1) is 11.3 Å². The van der Waals surface area contributed by atoms with Crippen LogP contribution in [0.5, 0.6) is 0 Å². The van der Waals surface area contributed by atoms with Gasteiger partial charge in [-0.25, -0.2) is 9.78 Å². The molecule has 0 radical (unpaired) electrons. The highest BCUT2D eigenvalue weighted by molar-refractivity contribution is 5.84. The Morgan fingerprint density at radius 1 is 1.21 bits per heavy atom. The first-order chi connectivity index (χ1) is 14.0. The maximum absolute atomic E-state index is 12.8. The van der Waals surface area contributed by atoms with Crippen molar-refractivity contribution in [3.05, 3.63) is 64.8 Å². The lowest BCUT2D eigenvalue weighted by Crippen LogP contribution is -2.54. The molecule has 5 rings (SSSR count). The van der Waals surface area contributed by atoms with Gasteiger partial charge >= 0.3 is 5.63 Å². The molecular formula is C23H24N4O2. The number of aromatic nitrogens is 2. The van der Waals surface area contributed by atoms with Gasteiger partial charge in [-0.1, -0.05) is 6.07 Å². The fourth-order valence-electron chi connectivity index (χ4n) is 4.12. The lowest BCUT2D eigenvalue weighted by Gasteiger charge is -2.39. The summed E-state index contributed by atoms with van der Waals surface area (Å²) in [5.41, 5.74) is 4.35. The molecule has 148 valence electrons. The van der Waals surface area contributed by atoms with Gasteiger partial charge in [0.1, 0.15) is 11.2 Å². The first-order valence-electron chi connectivity index (χ1n) is 10.0. The molecular weight excluding hydrogens is 364 g/mol. The molecule has 0 aliphatic carbocycles. The molecule has 1 aromatic carbocycles. The molecule has 1 aliphatic rings. The maximum atomic E-state index is 12.8. The van der Waals surface area contributed by atoms with E-state index in [-0.39, 0.29) is 5.63 Å². The van der Waals surface area contributed by atoms with Gasteiger partial charge in [0.2, 0.25) is 0 Å². The van der Waals surface area contributed by atoms with Gasteiger partial charge in [-0.15, -0.1) is 0 Å². The van der Waals surface area contributed by atoms with Crippen LogP contribution in [0.1, 0.15) is 19.4 Å². The van der Waals surface area contributed by atoms with Crippen LogP contribution in [-0.4, -0.2) is 34.6 Å². The van der Waals surface area contributed by atoms with E-state index in [1.54, 1.807) is 0 Å². The zero-order valence-electron chi connectivity index (χ0n) is 16.8. The molecule has 1 saturated heterocycles. The average Bonchev–Trinajstić information content (AvgIpc) is 3.14. The Balaban J connectivity index is 1.58. The second-order valence-corrected chi connectivity index (χ2v) is 8.03. The van der Waals surface area contributed by atoms with Crippen LogP contribution in [0.4, 0.5) is 5.69 Å². The molecule has 4 aromatic rings. The van der Waals surface area contributed by atoms with Crippen molar-refractivity contribution in [1.82, 2.24) is 14.7 Å². The van der Waals surface area contributed by atoms with E-state index in [1.807, 2.05) is 54.0 Å². The molecule has 0 bridgehead atoms. The van der Waals surface area contributed by atoms with Crippen molar-refractivity contribution < 1.29 is 4.42 Å². The SMILES string of the molecule is Cc1cccn2cc(-c3cc4ccc(N5CC(C)NCC5C)cc4oc3=O)nc12. The van der Waals surface area contributed by atoms with Crippen molar-refractivity contribution >= 4 is 22.3 Å². The summed E-state index contributed by atoms with van der Waals surface area (Å²) < 4.78 is 7.65. The smallest absolute Gasteiger partial charge is 0.345 e. The van der Waals surface area contributed by atoms with Gasteiger partial charge in [-0.05, 0) is 50.6 Å². The molecule has 3 aromatic heterocycles. The Hall–Kier alpha value is -3.12. The normalized spacial score (nSPS) is 19.9. The first-order valence-corrected chi connectivity index (χ1v) is 10.0. The number of pyridine rings is 1. The highest BCUT2D eigenvalue weighted by Gasteiger charge is 2.23. The zero-order chi connectivity index (χ0) is 20.1. The fraction of sp³-hybridized carbons (Fsp3) is 0.304. The zero-order valence-corrected chi connectivity index (χ0v) is 16.8. The van der Waals surface area contributed by atoms with Crippen LogP contribution < -0.4 is 15.8 Å². The molecule has 6 nitrogen and oxygen atoms in total. The van der Waals surface area contributed by atoms with Crippen molar-refractivity contribution in [2.75, 3.05) is 18.0 Å². The van der Waals surface area contributed by atoms with Crippen LogP contribution in [-0.2, 0) is 0 Å². The third kappa shape index (κ3) is 3.09. The molecule has 0 spiro atoms. The number of hydrogen-bond acceptors (Lipinski definition) is 5. The minimum Gasteiger partial charge on any atom is -0.422 e. The van der Waals surface area contributed by atoms with E-state index in [9.17, 15) is 4.79 Å². The summed E-state index contributed by atoms with van der Waals surface area (Å²) >= 11 is 0. The van der Waals surface area contributed by atoms with E-state index in [4.69, 9.17) is 4.42 Å². The van der Waals surface area contributed by atoms with Gasteiger partial charge in [0.15, 0.2) is 0 Å². The quantitative estimate of drug-likeness (QED) is 0.532. The number of anilines is 1. The lowest BCUT2D eigenvalue weighted by atomic mass is 10.1. The molecule has 2 unspecified atom stereocenters. The summed E-state index contributed by atoms with van der Waals surface area (Å²) in [4.78, 5) is 19.8. The number of fused-ring (bicyclic) bond motifs is 2. The number of nitrogens with one attached hydrogen (secondary N) is 1. The predicted octanol–water partition coefficient (Wildman–Crippen LogP) is 3.60. The number of rotatable bonds is 2. The molecule has 1 fully saturated rings. The Morgan fingerprint density at radius 3 is 2.90 bits per heavy atom. The van der Waals surface area contributed by atoms with Crippen LogP contribution in [0.25, 0.3) is 27.9 Å². The van der Waals surface area contributed by atoms with Crippen LogP contribution in [0, 0.1) is 6.92 Å². The van der Waals surface area contributed by atoms with Crippen LogP contribution in [0.15, 0.2) is 58.0 Å². The molecule has 2 atom stereocenters. The average molecular weight is 388 g/mol. The Kier molecular flexibility index (Phi) is 4.17. The second-order valence-electron chi connectivity index (χ2n) is 8.03. The van der Waals surface area contributed by atoms with E-state index in [0.29, 0.717) is 28.9 Å². The number of benzene rings is 1. The Bertz CT molecular complexity index is 1270. The van der Waals surface area contributed by atoms with Gasteiger partial charge in [0.25, 0.3) is 0 Å². The fourth-order valence-corrected chi connectivity index (χ4v) is 4.12. The van der Waals surface area contributed by atoms with E-state index in [1.165, 1.54) is 0 Å². The summed E-state index contributed by atoms with van der Waals surface area (Å²) in [6.45, 7) is 8.26. The topological polar surface area (TPSA) is 62.8 Å². The van der Waals surface area contributed by atoms with Gasteiger partial charge in [0, 0.05) is 54.7 Å². The standard InChI is InChI=1S/C23H24N4O2/c1-14-5-4-8-26-13-20(25-22(14)26)19-9-17-6-7-18(10-21(17)29-23(19)28)27-12-15(2)24-11-16(27)3/h4-10,13,15-16,24H,11-12H2,1-3H3. The van der Waals surface area contributed by atoms with Gasteiger partial charge in [-0.3, -0.25) is 0 Å². The van der Waals surface area contributed by atoms with E-state index < -0.39 is 0 Å². The van der Waals surface area contributed by atoms with E-state index >= 15 is 0 Å². The predicted molar refractivity (Wildman–Crippen MR) is 116 cm³/mol. The Labute approximate surface area is 168 Å². The minimum absolute atomic E-state index is 0.363. The molecule has 29 heavy (non-hydrogen) atoms. The third-order valence-corrected chi connectivity index (χ3v) is 5.77. The highest BCUT2D eigenvalue weighted by atomic mass is 16.4. The second kappa shape index (κ2) is 6.74. The summed E-state index contributed by atoms with van der Waals surface area (Å²) in [6, 6.07) is 12.8. The molecule has 1 aliphatic heterocycles. The summed E-state index contributed by atoms with van der Waals surface area (Å²) in [5, 5.41) is 4.39. The summed E-state index contributed by atoms with van der Waals surface area (Å²) in [6.07, 6.45) is 3.81. The van der Waals surface area contributed by atoms with Crippen molar-refractivity contribution in [2.24, 2.45) is 0 Å². The first kappa shape index (κ1) is 17.9. The van der Waals surface area contributed by atoms with Crippen LogP contribution in [0.3, 0.4) is 0 Å². The number of nitrogens with zero attached hydrogens (tertiary/aromatic N) is 3. The number of hydrogen-bond donors (Lipinski definition) is 1. The van der Waals surface area contributed by atoms with Crippen LogP contribution in [0.2, 0.25) is 0 Å². The molecule has 0 saturated carbocycles. The number of piperazine rings is 1. The number of imidazole rings is 1. The number of aryl methyl sites for hydroxylation is 1. The summed E-state index contributed by atoms with van der Waals surface area (Å²) in [5.74, 6) is 0. The summed E-state index contributed by atoms with van der Waals surface area (Å²) in [7, 11) is 0. The molecule has 1 N–H and O–H groups in total. The van der Waals surface area contributed by atoms with E-state index in [0.717, 1.165) is 35.4 Å². The van der Waals surface area contributed by atoms with Crippen LogP contribution >= 0.6 is 0 Å². The lowest BCUT2D eigenvalue weighted by molar-refractivity contribution is 0.425. The van der Waals surface area contributed by atoms with Crippen molar-refractivity contribution in [1.29, 1.82) is 0 Å². The highest BCUT2D eigenvalue weighted by Crippen LogP contribution is 2.27. The maximum Gasteiger partial charge on any atom is 0.345 e. The monoisotopic (exact) mass is 388 g/mol. The van der Waals surface area contributed by atoms with Crippen molar-refractivity contribution in [2.45, 2.75) is 32.9 Å². The van der Waals surface area contributed by atoms with Gasteiger partial charge in [-0.2, -0.15) is 0 Å². The minimum atomic E-state index is -0.363. The third-order valence-electron chi connectivity index (χ3n) is 5.77. The van der Waals surface area contributed by atoms with Crippen molar-refractivity contribution in [3.63, 3.8) is 0 Å². The van der Waals surface area contributed by atoms with Gasteiger partial charge < -0.3 is 19.0 Å². The molecule has 4 heterocycles.